The van der Waals surface area contributed by atoms with Gasteiger partial charge in [0, 0.05) is 67.7 Å². The first-order valence-electron chi connectivity index (χ1n) is 16.7. The summed E-state index contributed by atoms with van der Waals surface area (Å²) in [5.74, 6) is 0.801. The highest BCUT2D eigenvalue weighted by molar-refractivity contribution is 6.02. The summed E-state index contributed by atoms with van der Waals surface area (Å²) in [6, 6.07) is 24.2. The van der Waals surface area contributed by atoms with Crippen molar-refractivity contribution in [1.29, 1.82) is 0 Å². The summed E-state index contributed by atoms with van der Waals surface area (Å²) >= 11 is 0. The molecule has 1 unspecified atom stereocenters. The van der Waals surface area contributed by atoms with Gasteiger partial charge in [-0.15, -0.1) is 0 Å². The SMILES string of the molecule is CN(C)c1nc(N[C@H]2CC[C@@H](NC(=O)C(CC(=O)c3ccc(C(C)(C)C)cc3)c3cn(C)c4ccccc34)CC2)nc2ccccc12. The van der Waals surface area contributed by atoms with E-state index in [0.29, 0.717) is 11.5 Å². The Morgan fingerprint density at radius 3 is 2.19 bits per heavy atom. The van der Waals surface area contributed by atoms with Crippen LogP contribution in [0.15, 0.2) is 79.0 Å². The molecule has 0 radical (unpaired) electrons. The van der Waals surface area contributed by atoms with E-state index in [0.717, 1.165) is 58.9 Å². The molecular weight excluding hydrogens is 584 g/mol. The number of carbonyl (C=O) groups is 2. The fourth-order valence-corrected chi connectivity index (χ4v) is 6.79. The van der Waals surface area contributed by atoms with Crippen molar-refractivity contribution >= 4 is 45.3 Å². The third-order valence-electron chi connectivity index (χ3n) is 9.50. The number of ketones is 1. The van der Waals surface area contributed by atoms with Gasteiger partial charge in [-0.1, -0.05) is 75.4 Å². The van der Waals surface area contributed by atoms with Gasteiger partial charge < -0.3 is 20.1 Å². The lowest BCUT2D eigenvalue weighted by atomic mass is 9.85. The van der Waals surface area contributed by atoms with E-state index >= 15 is 0 Å². The summed E-state index contributed by atoms with van der Waals surface area (Å²) in [7, 11) is 5.98. The van der Waals surface area contributed by atoms with Crippen molar-refractivity contribution in [3.63, 3.8) is 0 Å². The quantitative estimate of drug-likeness (QED) is 0.165. The first-order chi connectivity index (χ1) is 22.5. The molecule has 1 aliphatic carbocycles. The van der Waals surface area contributed by atoms with Gasteiger partial charge in [-0.25, -0.2) is 4.98 Å². The van der Waals surface area contributed by atoms with E-state index in [1.165, 1.54) is 5.56 Å². The second-order valence-electron chi connectivity index (χ2n) is 14.2. The Balaban J connectivity index is 1.16. The Morgan fingerprint density at radius 2 is 1.51 bits per heavy atom. The Labute approximate surface area is 277 Å². The zero-order valence-corrected chi connectivity index (χ0v) is 28.4. The van der Waals surface area contributed by atoms with Gasteiger partial charge in [0.05, 0.1) is 11.4 Å². The average molecular weight is 631 g/mol. The van der Waals surface area contributed by atoms with Crippen molar-refractivity contribution in [3.05, 3.63) is 95.7 Å². The maximum absolute atomic E-state index is 14.1. The Bertz CT molecular complexity index is 1900. The van der Waals surface area contributed by atoms with Gasteiger partial charge in [-0.3, -0.25) is 9.59 Å². The van der Waals surface area contributed by atoms with Crippen LogP contribution in [0.3, 0.4) is 0 Å². The number of aryl methyl sites for hydroxylation is 1. The molecule has 0 aliphatic heterocycles. The van der Waals surface area contributed by atoms with Crippen molar-refractivity contribution in [2.75, 3.05) is 24.3 Å². The van der Waals surface area contributed by atoms with Gasteiger partial charge in [0.1, 0.15) is 5.82 Å². The van der Waals surface area contributed by atoms with Gasteiger partial charge in [0.15, 0.2) is 5.78 Å². The van der Waals surface area contributed by atoms with Crippen LogP contribution in [0.2, 0.25) is 0 Å². The van der Waals surface area contributed by atoms with Crippen LogP contribution in [0, 0.1) is 0 Å². The predicted molar refractivity (Wildman–Crippen MR) is 191 cm³/mol. The first-order valence-corrected chi connectivity index (χ1v) is 16.7. The normalized spacial score (nSPS) is 17.4. The van der Waals surface area contributed by atoms with E-state index in [1.54, 1.807) is 0 Å². The van der Waals surface area contributed by atoms with E-state index in [4.69, 9.17) is 9.97 Å². The lowest BCUT2D eigenvalue weighted by Gasteiger charge is -2.31. The molecule has 8 heteroatoms. The largest absolute Gasteiger partial charge is 0.362 e. The summed E-state index contributed by atoms with van der Waals surface area (Å²) in [6.07, 6.45) is 5.56. The molecule has 1 saturated carbocycles. The number of nitrogens with one attached hydrogen (secondary N) is 2. The number of Topliss-reactive ketones (excluding diaryl/α,β-unsaturated/α-hetero) is 1. The van der Waals surface area contributed by atoms with Crippen molar-refractivity contribution in [1.82, 2.24) is 19.9 Å². The summed E-state index contributed by atoms with van der Waals surface area (Å²) in [4.78, 5) is 39.4. The van der Waals surface area contributed by atoms with Crippen molar-refractivity contribution in [2.45, 2.75) is 76.3 Å². The molecule has 2 heterocycles. The highest BCUT2D eigenvalue weighted by Crippen LogP contribution is 2.33. The van der Waals surface area contributed by atoms with Crippen LogP contribution in [-0.2, 0) is 17.3 Å². The van der Waals surface area contributed by atoms with E-state index in [9.17, 15) is 9.59 Å². The molecule has 3 aromatic carbocycles. The molecule has 8 nitrogen and oxygen atoms in total. The maximum atomic E-state index is 14.1. The van der Waals surface area contributed by atoms with Crippen molar-refractivity contribution in [3.8, 4) is 0 Å². The highest BCUT2D eigenvalue weighted by Gasteiger charge is 2.31. The number of hydrogen-bond donors (Lipinski definition) is 2. The second kappa shape index (κ2) is 13.2. The van der Waals surface area contributed by atoms with Crippen LogP contribution in [0.25, 0.3) is 21.8 Å². The fraction of sp³-hybridized carbons (Fsp3) is 0.385. The van der Waals surface area contributed by atoms with Crippen LogP contribution < -0.4 is 15.5 Å². The molecule has 0 spiro atoms. The molecule has 2 N–H and O–H groups in total. The number of hydrogen-bond acceptors (Lipinski definition) is 6. The van der Waals surface area contributed by atoms with Gasteiger partial charge >= 0.3 is 0 Å². The fourth-order valence-electron chi connectivity index (χ4n) is 6.79. The molecule has 1 amide bonds. The molecule has 6 rings (SSSR count). The summed E-state index contributed by atoms with van der Waals surface area (Å²) in [6.45, 7) is 6.48. The number of rotatable bonds is 9. The molecular formula is C39H46N6O2. The lowest BCUT2D eigenvalue weighted by Crippen LogP contribution is -2.42. The lowest BCUT2D eigenvalue weighted by molar-refractivity contribution is -0.123. The average Bonchev–Trinajstić information content (AvgIpc) is 3.39. The molecule has 1 atom stereocenters. The highest BCUT2D eigenvalue weighted by atomic mass is 16.2. The zero-order valence-electron chi connectivity index (χ0n) is 28.4. The number of fused-ring (bicyclic) bond motifs is 2. The Hall–Kier alpha value is -4.72. The minimum atomic E-state index is -0.595. The standard InChI is InChI=1S/C39H46N6O2/c1-39(2,3)26-17-15-25(16-18-26)35(46)23-31(32-24-45(6)34-14-10-8-11-29(32)34)37(47)40-27-19-21-28(22-20-27)41-38-42-33-13-9-7-12-30(33)36(43-38)44(4)5/h7-18,24,27-28,31H,19-23H2,1-6H3,(H,40,47)(H,41,42,43)/t27-,28+,31?. The van der Waals surface area contributed by atoms with E-state index in [1.807, 2.05) is 104 Å². The van der Waals surface area contributed by atoms with E-state index in [-0.39, 0.29) is 35.6 Å². The number of amides is 1. The number of benzene rings is 3. The van der Waals surface area contributed by atoms with Gasteiger partial charge in [-0.05, 0) is 60.4 Å². The molecule has 0 saturated heterocycles. The minimum absolute atomic E-state index is 0.000854. The predicted octanol–water partition coefficient (Wildman–Crippen LogP) is 7.38. The topological polar surface area (TPSA) is 92.2 Å². The minimum Gasteiger partial charge on any atom is -0.362 e. The third kappa shape index (κ3) is 7.02. The molecule has 1 aliphatic rings. The van der Waals surface area contributed by atoms with Gasteiger partial charge in [0.25, 0.3) is 0 Å². The smallest absolute Gasteiger partial charge is 0.228 e. The number of anilines is 2. The number of carbonyl (C=O) groups excluding carboxylic acids is 2. The molecule has 0 bridgehead atoms. The maximum Gasteiger partial charge on any atom is 0.228 e. The van der Waals surface area contributed by atoms with Crippen LogP contribution >= 0.6 is 0 Å². The molecule has 47 heavy (non-hydrogen) atoms. The van der Waals surface area contributed by atoms with E-state index in [2.05, 4.69) is 37.5 Å². The summed E-state index contributed by atoms with van der Waals surface area (Å²) in [5, 5.41) is 8.94. The Morgan fingerprint density at radius 1 is 0.872 bits per heavy atom. The summed E-state index contributed by atoms with van der Waals surface area (Å²) < 4.78 is 2.04. The van der Waals surface area contributed by atoms with Gasteiger partial charge in [-0.2, -0.15) is 4.98 Å². The zero-order chi connectivity index (χ0) is 33.3. The third-order valence-corrected chi connectivity index (χ3v) is 9.50. The molecule has 1 fully saturated rings. The van der Waals surface area contributed by atoms with Gasteiger partial charge in [0.2, 0.25) is 11.9 Å². The Kier molecular flexibility index (Phi) is 9.04. The van der Waals surface area contributed by atoms with E-state index < -0.39 is 5.92 Å². The molecule has 2 aromatic heterocycles. The second-order valence-corrected chi connectivity index (χ2v) is 14.2. The summed E-state index contributed by atoms with van der Waals surface area (Å²) in [5.41, 5.74) is 4.65. The molecule has 5 aromatic rings. The number of nitrogens with zero attached hydrogens (tertiary/aromatic N) is 4. The van der Waals surface area contributed by atoms with Crippen molar-refractivity contribution in [2.24, 2.45) is 7.05 Å². The van der Waals surface area contributed by atoms with Crippen LogP contribution in [0.5, 0.6) is 0 Å². The van der Waals surface area contributed by atoms with Crippen LogP contribution in [0.4, 0.5) is 11.8 Å². The van der Waals surface area contributed by atoms with Crippen molar-refractivity contribution < 1.29 is 9.59 Å². The number of aromatic nitrogens is 3. The molecule has 244 valence electrons. The first kappa shape index (κ1) is 32.2. The number of para-hydroxylation sites is 2. The van der Waals surface area contributed by atoms with Crippen LogP contribution in [-0.4, -0.2) is 52.4 Å². The van der Waals surface area contributed by atoms with Crippen LogP contribution in [0.1, 0.15) is 80.3 Å². The monoisotopic (exact) mass is 630 g/mol.